The lowest BCUT2D eigenvalue weighted by Gasteiger charge is -2.33. The molecule has 142 valence electrons. The molecule has 7 nitrogen and oxygen atoms in total. The molecule has 2 saturated heterocycles. The number of urea groups is 1. The van der Waals surface area contributed by atoms with E-state index in [2.05, 4.69) is 0 Å². The van der Waals surface area contributed by atoms with Crippen LogP contribution in [-0.2, 0) is 14.6 Å². The predicted molar refractivity (Wildman–Crippen MR) is 90.9 cm³/mol. The minimum Gasteiger partial charge on any atom is -0.481 e. The van der Waals surface area contributed by atoms with Gasteiger partial charge in [0, 0.05) is 26.2 Å². The van der Waals surface area contributed by atoms with Gasteiger partial charge >= 0.3 is 12.0 Å². The predicted octanol–water partition coefficient (Wildman–Crippen LogP) is 1.59. The Labute approximate surface area is 151 Å². The summed E-state index contributed by atoms with van der Waals surface area (Å²) in [6, 6.07) is 4.46. The molecular formula is C17H21FN2O5S. The van der Waals surface area contributed by atoms with Gasteiger partial charge in [-0.2, -0.15) is 0 Å². The highest BCUT2D eigenvalue weighted by atomic mass is 32.2. The van der Waals surface area contributed by atoms with Crippen molar-refractivity contribution in [3.05, 3.63) is 30.1 Å². The van der Waals surface area contributed by atoms with Crippen LogP contribution in [0.25, 0.3) is 0 Å². The third-order valence-corrected chi connectivity index (χ3v) is 7.30. The summed E-state index contributed by atoms with van der Waals surface area (Å²) in [5.74, 6) is -1.77. The molecule has 3 rings (SSSR count). The molecule has 2 aliphatic rings. The van der Waals surface area contributed by atoms with Crippen LogP contribution in [0, 0.1) is 11.7 Å². The number of hydrogen-bond donors (Lipinski definition) is 1. The minimum absolute atomic E-state index is 0.0560. The molecule has 9 heteroatoms. The van der Waals surface area contributed by atoms with E-state index in [9.17, 15) is 22.4 Å². The molecule has 2 fully saturated rings. The lowest BCUT2D eigenvalue weighted by Crippen LogP contribution is -2.47. The second kappa shape index (κ2) is 7.22. The van der Waals surface area contributed by atoms with Crippen molar-refractivity contribution < 1.29 is 27.5 Å². The van der Waals surface area contributed by atoms with Gasteiger partial charge in [-0.3, -0.25) is 4.79 Å². The number of carbonyl (C=O) groups is 2. The van der Waals surface area contributed by atoms with E-state index < -0.39 is 32.8 Å². The fraction of sp³-hybridized carbons (Fsp3) is 0.529. The molecule has 1 aromatic rings. The van der Waals surface area contributed by atoms with Gasteiger partial charge in [0.25, 0.3) is 0 Å². The molecule has 1 N–H and O–H groups in total. The number of nitrogens with zero attached hydrogens (tertiary/aromatic N) is 2. The highest BCUT2D eigenvalue weighted by Gasteiger charge is 2.38. The molecule has 0 aromatic heterocycles. The topological polar surface area (TPSA) is 95.0 Å². The Hall–Kier alpha value is -2.16. The normalized spacial score (nSPS) is 21.8. The summed E-state index contributed by atoms with van der Waals surface area (Å²) in [7, 11) is -3.63. The highest BCUT2D eigenvalue weighted by molar-refractivity contribution is 7.92. The Morgan fingerprint density at radius 1 is 1.00 bits per heavy atom. The van der Waals surface area contributed by atoms with Gasteiger partial charge in [0.1, 0.15) is 5.82 Å². The van der Waals surface area contributed by atoms with Gasteiger partial charge in [0.15, 0.2) is 9.84 Å². The molecule has 1 atom stereocenters. The van der Waals surface area contributed by atoms with Gasteiger partial charge in [0.05, 0.1) is 16.1 Å². The first-order valence-electron chi connectivity index (χ1n) is 8.55. The number of rotatable bonds is 3. The summed E-state index contributed by atoms with van der Waals surface area (Å²) in [5.41, 5.74) is 0. The Morgan fingerprint density at radius 2 is 1.58 bits per heavy atom. The summed E-state index contributed by atoms with van der Waals surface area (Å²) < 4.78 is 38.4. The van der Waals surface area contributed by atoms with Gasteiger partial charge in [-0.05, 0) is 43.5 Å². The third kappa shape index (κ3) is 3.67. The van der Waals surface area contributed by atoms with Crippen LogP contribution in [0.2, 0.25) is 0 Å². The van der Waals surface area contributed by atoms with Crippen molar-refractivity contribution in [2.45, 2.75) is 29.4 Å². The number of carboxylic acid groups (broad SMARTS) is 1. The molecule has 1 unspecified atom stereocenters. The smallest absolute Gasteiger partial charge is 0.320 e. The molecule has 2 aliphatic heterocycles. The number of amides is 2. The summed E-state index contributed by atoms with van der Waals surface area (Å²) in [4.78, 5) is 26.7. The minimum atomic E-state index is -3.63. The van der Waals surface area contributed by atoms with Gasteiger partial charge in [0.2, 0.25) is 0 Å². The van der Waals surface area contributed by atoms with E-state index in [0.29, 0.717) is 38.9 Å². The molecule has 0 aliphatic carbocycles. The van der Waals surface area contributed by atoms with E-state index >= 15 is 0 Å². The van der Waals surface area contributed by atoms with Crippen molar-refractivity contribution in [3.63, 3.8) is 0 Å². The van der Waals surface area contributed by atoms with Crippen molar-refractivity contribution in [3.8, 4) is 0 Å². The van der Waals surface area contributed by atoms with Gasteiger partial charge < -0.3 is 14.9 Å². The van der Waals surface area contributed by atoms with E-state index in [-0.39, 0.29) is 17.5 Å². The SMILES string of the molecule is O=C(O)C1CCN(C(=O)N2CCC(S(=O)(=O)c3ccc(F)cc3)C2)CC1. The molecule has 0 saturated carbocycles. The number of benzene rings is 1. The van der Waals surface area contributed by atoms with Crippen LogP contribution >= 0.6 is 0 Å². The molecular weight excluding hydrogens is 363 g/mol. The Bertz CT molecular complexity index is 788. The van der Waals surface area contributed by atoms with Crippen LogP contribution in [0.3, 0.4) is 0 Å². The van der Waals surface area contributed by atoms with Crippen LogP contribution < -0.4 is 0 Å². The van der Waals surface area contributed by atoms with Crippen LogP contribution in [-0.4, -0.2) is 66.8 Å². The molecule has 0 bridgehead atoms. The lowest BCUT2D eigenvalue weighted by atomic mass is 9.97. The van der Waals surface area contributed by atoms with Crippen molar-refractivity contribution in [1.82, 2.24) is 9.80 Å². The highest BCUT2D eigenvalue weighted by Crippen LogP contribution is 2.26. The summed E-state index contributed by atoms with van der Waals surface area (Å²) >= 11 is 0. The molecule has 1 aromatic carbocycles. The standard InChI is InChI=1S/C17H21FN2O5S/c18-13-1-3-14(4-2-13)26(24,25)15-7-10-20(11-15)17(23)19-8-5-12(6-9-19)16(21)22/h1-4,12,15H,5-11H2,(H,21,22). The Kier molecular flexibility index (Phi) is 5.17. The summed E-state index contributed by atoms with van der Waals surface area (Å²) in [5, 5.41) is 8.31. The lowest BCUT2D eigenvalue weighted by molar-refractivity contribution is -0.143. The number of sulfone groups is 1. The van der Waals surface area contributed by atoms with Crippen molar-refractivity contribution >= 4 is 21.8 Å². The van der Waals surface area contributed by atoms with E-state index in [0.717, 1.165) is 12.1 Å². The van der Waals surface area contributed by atoms with Crippen LogP contribution in [0.4, 0.5) is 9.18 Å². The number of likely N-dealkylation sites (tertiary alicyclic amines) is 2. The molecule has 0 radical (unpaired) electrons. The van der Waals surface area contributed by atoms with E-state index in [1.165, 1.54) is 17.0 Å². The zero-order valence-corrected chi connectivity index (χ0v) is 15.0. The monoisotopic (exact) mass is 384 g/mol. The van der Waals surface area contributed by atoms with Crippen LogP contribution in [0.1, 0.15) is 19.3 Å². The molecule has 2 heterocycles. The Morgan fingerprint density at radius 3 is 2.15 bits per heavy atom. The first kappa shape index (κ1) is 18.6. The summed E-state index contributed by atoms with van der Waals surface area (Å²) in [6.45, 7) is 1.16. The molecule has 0 spiro atoms. The number of carboxylic acids is 1. The van der Waals surface area contributed by atoms with E-state index in [1.807, 2.05) is 0 Å². The van der Waals surface area contributed by atoms with Gasteiger partial charge in [-0.15, -0.1) is 0 Å². The average Bonchev–Trinajstić information content (AvgIpc) is 3.12. The van der Waals surface area contributed by atoms with E-state index in [1.54, 1.807) is 4.90 Å². The van der Waals surface area contributed by atoms with Crippen molar-refractivity contribution in [2.75, 3.05) is 26.2 Å². The fourth-order valence-corrected chi connectivity index (χ4v) is 5.18. The van der Waals surface area contributed by atoms with Crippen LogP contribution in [0.5, 0.6) is 0 Å². The van der Waals surface area contributed by atoms with Crippen LogP contribution in [0.15, 0.2) is 29.2 Å². The average molecular weight is 384 g/mol. The maximum Gasteiger partial charge on any atom is 0.320 e. The van der Waals surface area contributed by atoms with Crippen molar-refractivity contribution in [1.29, 1.82) is 0 Å². The summed E-state index contributed by atoms with van der Waals surface area (Å²) in [6.07, 6.45) is 1.15. The quantitative estimate of drug-likeness (QED) is 0.799. The maximum atomic E-state index is 13.0. The molecule has 26 heavy (non-hydrogen) atoms. The van der Waals surface area contributed by atoms with Gasteiger partial charge in [-0.25, -0.2) is 17.6 Å². The van der Waals surface area contributed by atoms with Gasteiger partial charge in [-0.1, -0.05) is 0 Å². The number of piperidine rings is 1. The van der Waals surface area contributed by atoms with E-state index in [4.69, 9.17) is 5.11 Å². The second-order valence-electron chi connectivity index (χ2n) is 6.74. The number of aliphatic carboxylic acids is 1. The number of hydrogen-bond acceptors (Lipinski definition) is 4. The fourth-order valence-electron chi connectivity index (χ4n) is 3.49. The third-order valence-electron chi connectivity index (χ3n) is 5.11. The first-order chi connectivity index (χ1) is 12.3. The number of halogens is 1. The zero-order chi connectivity index (χ0) is 18.9. The second-order valence-corrected chi connectivity index (χ2v) is 8.97. The first-order valence-corrected chi connectivity index (χ1v) is 10.1. The van der Waals surface area contributed by atoms with Crippen molar-refractivity contribution in [2.24, 2.45) is 5.92 Å². The molecule has 2 amide bonds. The number of carbonyl (C=O) groups excluding carboxylic acids is 1. The zero-order valence-electron chi connectivity index (χ0n) is 14.2. The Balaban J connectivity index is 1.62. The largest absolute Gasteiger partial charge is 0.481 e. The maximum absolute atomic E-state index is 13.0.